The van der Waals surface area contributed by atoms with Gasteiger partial charge in [0, 0.05) is 12.1 Å². The quantitative estimate of drug-likeness (QED) is 0.621. The van der Waals surface area contributed by atoms with E-state index in [2.05, 4.69) is 26.1 Å². The van der Waals surface area contributed by atoms with Crippen molar-refractivity contribution in [2.24, 2.45) is 5.92 Å². The summed E-state index contributed by atoms with van der Waals surface area (Å²) in [5.74, 6) is 0.886. The molecule has 0 spiro atoms. The Labute approximate surface area is 64.2 Å². The van der Waals surface area contributed by atoms with Crippen molar-refractivity contribution in [1.82, 2.24) is 5.32 Å². The van der Waals surface area contributed by atoms with Crippen LogP contribution in [0.15, 0.2) is 0 Å². The molecule has 1 heterocycles. The summed E-state index contributed by atoms with van der Waals surface area (Å²) in [7, 11) is 0. The molecular formula is C9H19N. The number of hydrogen-bond donors (Lipinski definition) is 1. The van der Waals surface area contributed by atoms with E-state index in [0.717, 1.165) is 18.0 Å². The minimum absolute atomic E-state index is 0.747. The summed E-state index contributed by atoms with van der Waals surface area (Å²) in [5.41, 5.74) is 0. The molecule has 3 unspecified atom stereocenters. The van der Waals surface area contributed by atoms with Gasteiger partial charge in [-0.15, -0.1) is 0 Å². The highest BCUT2D eigenvalue weighted by atomic mass is 15.0. The molecule has 0 bridgehead atoms. The minimum Gasteiger partial charge on any atom is -0.311 e. The second-order valence-electron chi connectivity index (χ2n) is 3.65. The molecule has 1 aliphatic rings. The zero-order chi connectivity index (χ0) is 7.56. The Morgan fingerprint density at radius 2 is 2.10 bits per heavy atom. The smallest absolute Gasteiger partial charge is 0.00726 e. The minimum atomic E-state index is 0.747. The Morgan fingerprint density at radius 1 is 1.40 bits per heavy atom. The van der Waals surface area contributed by atoms with Crippen molar-refractivity contribution in [3.05, 3.63) is 0 Å². The van der Waals surface area contributed by atoms with E-state index in [1.165, 1.54) is 19.3 Å². The summed E-state index contributed by atoms with van der Waals surface area (Å²) in [6, 6.07) is 1.56. The Balaban J connectivity index is 2.27. The second kappa shape index (κ2) is 3.38. The Kier molecular flexibility index (Phi) is 2.72. The topological polar surface area (TPSA) is 12.0 Å². The van der Waals surface area contributed by atoms with Crippen molar-refractivity contribution >= 4 is 0 Å². The van der Waals surface area contributed by atoms with Crippen LogP contribution in [0.1, 0.15) is 40.0 Å². The fourth-order valence-corrected chi connectivity index (χ4v) is 1.81. The van der Waals surface area contributed by atoms with E-state index >= 15 is 0 Å². The first-order valence-electron chi connectivity index (χ1n) is 4.50. The van der Waals surface area contributed by atoms with E-state index in [1.54, 1.807) is 0 Å². The summed E-state index contributed by atoms with van der Waals surface area (Å²) in [6.07, 6.45) is 4.06. The van der Waals surface area contributed by atoms with Gasteiger partial charge in [-0.25, -0.2) is 0 Å². The molecule has 0 aromatic rings. The first-order valence-corrected chi connectivity index (χ1v) is 4.50. The van der Waals surface area contributed by atoms with Gasteiger partial charge in [-0.3, -0.25) is 0 Å². The number of nitrogens with one attached hydrogen (secondary N) is 1. The molecule has 0 saturated carbocycles. The van der Waals surface area contributed by atoms with Crippen molar-refractivity contribution in [3.63, 3.8) is 0 Å². The van der Waals surface area contributed by atoms with Crippen LogP contribution in [0.4, 0.5) is 0 Å². The SMILES string of the molecule is CCCC1CC(C)C(C)N1. The van der Waals surface area contributed by atoms with Gasteiger partial charge in [0.05, 0.1) is 0 Å². The summed E-state index contributed by atoms with van der Waals surface area (Å²) in [5, 5.41) is 3.60. The lowest BCUT2D eigenvalue weighted by Gasteiger charge is -2.09. The van der Waals surface area contributed by atoms with Gasteiger partial charge in [0.15, 0.2) is 0 Å². The zero-order valence-electron chi connectivity index (χ0n) is 7.35. The predicted octanol–water partition coefficient (Wildman–Crippen LogP) is 2.17. The first kappa shape index (κ1) is 8.06. The summed E-state index contributed by atoms with van der Waals surface area (Å²) in [6.45, 7) is 6.89. The fourth-order valence-electron chi connectivity index (χ4n) is 1.81. The molecule has 0 aromatic heterocycles. The van der Waals surface area contributed by atoms with Crippen molar-refractivity contribution in [1.29, 1.82) is 0 Å². The van der Waals surface area contributed by atoms with E-state index in [1.807, 2.05) is 0 Å². The average molecular weight is 141 g/mol. The van der Waals surface area contributed by atoms with E-state index in [9.17, 15) is 0 Å². The molecule has 0 aromatic carbocycles. The standard InChI is InChI=1S/C9H19N/c1-4-5-9-6-7(2)8(3)10-9/h7-10H,4-6H2,1-3H3. The molecule has 1 nitrogen and oxygen atoms in total. The normalized spacial score (nSPS) is 40.5. The number of rotatable bonds is 2. The van der Waals surface area contributed by atoms with Crippen LogP contribution >= 0.6 is 0 Å². The van der Waals surface area contributed by atoms with Gasteiger partial charge in [-0.1, -0.05) is 20.3 Å². The molecule has 1 aliphatic heterocycles. The van der Waals surface area contributed by atoms with Gasteiger partial charge in [0.2, 0.25) is 0 Å². The zero-order valence-corrected chi connectivity index (χ0v) is 7.35. The van der Waals surface area contributed by atoms with Crippen LogP contribution in [0.25, 0.3) is 0 Å². The number of hydrogen-bond acceptors (Lipinski definition) is 1. The molecule has 1 heteroatoms. The third kappa shape index (κ3) is 1.72. The van der Waals surface area contributed by atoms with Crippen LogP contribution in [0.5, 0.6) is 0 Å². The molecule has 1 saturated heterocycles. The van der Waals surface area contributed by atoms with Crippen molar-refractivity contribution in [3.8, 4) is 0 Å². The van der Waals surface area contributed by atoms with Crippen molar-refractivity contribution in [2.45, 2.75) is 52.1 Å². The molecule has 3 atom stereocenters. The molecule has 1 N–H and O–H groups in total. The van der Waals surface area contributed by atoms with E-state index < -0.39 is 0 Å². The van der Waals surface area contributed by atoms with Crippen LogP contribution in [-0.2, 0) is 0 Å². The predicted molar refractivity (Wildman–Crippen MR) is 45.1 cm³/mol. The van der Waals surface area contributed by atoms with Crippen LogP contribution < -0.4 is 5.32 Å². The maximum absolute atomic E-state index is 3.60. The van der Waals surface area contributed by atoms with Crippen LogP contribution in [0, 0.1) is 5.92 Å². The molecule has 1 fully saturated rings. The van der Waals surface area contributed by atoms with E-state index in [4.69, 9.17) is 0 Å². The summed E-state index contributed by atoms with van der Waals surface area (Å²) < 4.78 is 0. The molecular weight excluding hydrogens is 122 g/mol. The summed E-state index contributed by atoms with van der Waals surface area (Å²) in [4.78, 5) is 0. The van der Waals surface area contributed by atoms with Gasteiger partial charge in [-0.2, -0.15) is 0 Å². The molecule has 0 aliphatic carbocycles. The lowest BCUT2D eigenvalue weighted by atomic mass is 10.0. The largest absolute Gasteiger partial charge is 0.311 e. The average Bonchev–Trinajstić information content (AvgIpc) is 2.14. The molecule has 0 radical (unpaired) electrons. The lowest BCUT2D eigenvalue weighted by molar-refractivity contribution is 0.510. The Bertz CT molecular complexity index is 90.9. The highest BCUT2D eigenvalue weighted by Crippen LogP contribution is 2.21. The van der Waals surface area contributed by atoms with Crippen LogP contribution in [0.3, 0.4) is 0 Å². The van der Waals surface area contributed by atoms with Gasteiger partial charge < -0.3 is 5.32 Å². The van der Waals surface area contributed by atoms with Gasteiger partial charge in [0.25, 0.3) is 0 Å². The third-order valence-electron chi connectivity index (χ3n) is 2.65. The van der Waals surface area contributed by atoms with Crippen LogP contribution in [-0.4, -0.2) is 12.1 Å². The maximum atomic E-state index is 3.60. The van der Waals surface area contributed by atoms with Crippen molar-refractivity contribution < 1.29 is 0 Å². The van der Waals surface area contributed by atoms with Crippen molar-refractivity contribution in [2.75, 3.05) is 0 Å². The van der Waals surface area contributed by atoms with E-state index in [-0.39, 0.29) is 0 Å². The highest BCUT2D eigenvalue weighted by Gasteiger charge is 2.25. The highest BCUT2D eigenvalue weighted by molar-refractivity contribution is 4.85. The van der Waals surface area contributed by atoms with E-state index in [0.29, 0.717) is 0 Å². The second-order valence-corrected chi connectivity index (χ2v) is 3.65. The monoisotopic (exact) mass is 141 g/mol. The molecule has 10 heavy (non-hydrogen) atoms. The first-order chi connectivity index (χ1) is 4.74. The third-order valence-corrected chi connectivity index (χ3v) is 2.65. The van der Waals surface area contributed by atoms with Gasteiger partial charge in [-0.05, 0) is 25.7 Å². The lowest BCUT2D eigenvalue weighted by Crippen LogP contribution is -2.27. The van der Waals surface area contributed by atoms with Gasteiger partial charge in [0.1, 0.15) is 0 Å². The fraction of sp³-hybridized carbons (Fsp3) is 1.00. The molecule has 60 valence electrons. The molecule has 1 rings (SSSR count). The molecule has 0 amide bonds. The summed E-state index contributed by atoms with van der Waals surface area (Å²) >= 11 is 0. The Morgan fingerprint density at radius 3 is 2.50 bits per heavy atom. The Hall–Kier alpha value is -0.0400. The van der Waals surface area contributed by atoms with Crippen LogP contribution in [0.2, 0.25) is 0 Å². The van der Waals surface area contributed by atoms with Gasteiger partial charge >= 0.3 is 0 Å². The maximum Gasteiger partial charge on any atom is 0.00726 e.